The van der Waals surface area contributed by atoms with Gasteiger partial charge in [-0.05, 0) is 30.9 Å². The van der Waals surface area contributed by atoms with E-state index in [9.17, 15) is 9.90 Å². The average Bonchev–Trinajstić information content (AvgIpc) is 3.17. The van der Waals surface area contributed by atoms with Crippen molar-refractivity contribution in [3.63, 3.8) is 0 Å². The van der Waals surface area contributed by atoms with Crippen LogP contribution in [0.15, 0.2) is 28.8 Å². The summed E-state index contributed by atoms with van der Waals surface area (Å²) in [6.45, 7) is 5.43. The Morgan fingerprint density at radius 1 is 1.39 bits per heavy atom. The Kier molecular flexibility index (Phi) is 4.43. The summed E-state index contributed by atoms with van der Waals surface area (Å²) < 4.78 is 5.29. The number of aliphatic carboxylic acids is 1. The van der Waals surface area contributed by atoms with Gasteiger partial charge in [-0.15, -0.1) is 0 Å². The van der Waals surface area contributed by atoms with E-state index in [0.29, 0.717) is 30.6 Å². The highest BCUT2D eigenvalue weighted by atomic mass is 16.5. The van der Waals surface area contributed by atoms with E-state index >= 15 is 0 Å². The number of benzene rings is 1. The molecule has 1 aromatic carbocycles. The lowest BCUT2D eigenvalue weighted by Gasteiger charge is -2.18. The number of hydrogen-bond acceptors (Lipinski definition) is 5. The van der Waals surface area contributed by atoms with Gasteiger partial charge in [-0.2, -0.15) is 4.98 Å². The highest BCUT2D eigenvalue weighted by molar-refractivity contribution is 5.73. The van der Waals surface area contributed by atoms with Crippen LogP contribution >= 0.6 is 0 Å². The molecule has 122 valence electrons. The number of aromatic nitrogens is 2. The number of nitrogens with zero attached hydrogens (tertiary/aromatic N) is 3. The van der Waals surface area contributed by atoms with E-state index in [0.717, 1.165) is 18.5 Å². The third-order valence-electron chi connectivity index (χ3n) is 4.29. The maximum atomic E-state index is 11.2. The van der Waals surface area contributed by atoms with Gasteiger partial charge < -0.3 is 9.63 Å². The van der Waals surface area contributed by atoms with E-state index < -0.39 is 12.0 Å². The molecule has 0 unspecified atom stereocenters. The van der Waals surface area contributed by atoms with Crippen LogP contribution in [0.25, 0.3) is 11.4 Å². The maximum absolute atomic E-state index is 11.2. The minimum absolute atomic E-state index is 0.383. The van der Waals surface area contributed by atoms with Gasteiger partial charge in [-0.3, -0.25) is 9.69 Å². The van der Waals surface area contributed by atoms with Crippen molar-refractivity contribution < 1.29 is 14.4 Å². The number of hydrogen-bond donors (Lipinski definition) is 1. The zero-order valence-electron chi connectivity index (χ0n) is 13.4. The Bertz CT molecular complexity index is 679. The fourth-order valence-electron chi connectivity index (χ4n) is 2.92. The van der Waals surface area contributed by atoms with Gasteiger partial charge >= 0.3 is 5.97 Å². The number of likely N-dealkylation sites (tertiary alicyclic amines) is 1. The highest BCUT2D eigenvalue weighted by Gasteiger charge is 2.31. The Hall–Kier alpha value is -2.21. The van der Waals surface area contributed by atoms with Crippen LogP contribution in [0.4, 0.5) is 0 Å². The Labute approximate surface area is 135 Å². The summed E-state index contributed by atoms with van der Waals surface area (Å²) in [6, 6.07) is 7.66. The Balaban J connectivity index is 1.71. The molecular formula is C17H21N3O3. The van der Waals surface area contributed by atoms with Crippen molar-refractivity contribution in [3.05, 3.63) is 35.7 Å². The fourth-order valence-corrected chi connectivity index (χ4v) is 2.92. The topological polar surface area (TPSA) is 79.5 Å². The molecule has 0 amide bonds. The summed E-state index contributed by atoms with van der Waals surface area (Å²) in [5.41, 5.74) is 2.17. The summed E-state index contributed by atoms with van der Waals surface area (Å²) in [5.74, 6) is 0.696. The lowest BCUT2D eigenvalue weighted by molar-refractivity contribution is -0.142. The first-order chi connectivity index (χ1) is 11.0. The summed E-state index contributed by atoms with van der Waals surface area (Å²) in [7, 11) is 0. The molecule has 1 aromatic heterocycles. The molecule has 3 rings (SSSR count). The first-order valence-corrected chi connectivity index (χ1v) is 7.94. The van der Waals surface area contributed by atoms with Gasteiger partial charge in [-0.25, -0.2) is 0 Å². The number of carboxylic acid groups (broad SMARTS) is 1. The second kappa shape index (κ2) is 6.50. The summed E-state index contributed by atoms with van der Waals surface area (Å²) >= 11 is 0. The van der Waals surface area contributed by atoms with Crippen molar-refractivity contribution in [3.8, 4) is 11.4 Å². The summed E-state index contributed by atoms with van der Waals surface area (Å²) in [6.07, 6.45) is 1.56. The Morgan fingerprint density at radius 2 is 2.13 bits per heavy atom. The fraction of sp³-hybridized carbons (Fsp3) is 0.471. The molecule has 2 heterocycles. The van der Waals surface area contributed by atoms with Gasteiger partial charge in [0.1, 0.15) is 6.04 Å². The van der Waals surface area contributed by atoms with Crippen molar-refractivity contribution in [2.45, 2.75) is 45.2 Å². The highest BCUT2D eigenvalue weighted by Crippen LogP contribution is 2.23. The van der Waals surface area contributed by atoms with E-state index in [4.69, 9.17) is 4.52 Å². The van der Waals surface area contributed by atoms with Gasteiger partial charge in [0.25, 0.3) is 0 Å². The molecule has 1 aliphatic rings. The van der Waals surface area contributed by atoms with Crippen LogP contribution in [-0.2, 0) is 11.3 Å². The molecule has 1 aliphatic heterocycles. The molecule has 6 heteroatoms. The molecule has 0 bridgehead atoms. The quantitative estimate of drug-likeness (QED) is 0.914. The zero-order valence-corrected chi connectivity index (χ0v) is 13.4. The van der Waals surface area contributed by atoms with E-state index in [1.165, 1.54) is 5.56 Å². The van der Waals surface area contributed by atoms with E-state index in [1.807, 2.05) is 17.0 Å². The third kappa shape index (κ3) is 3.42. The van der Waals surface area contributed by atoms with Crippen LogP contribution in [0.2, 0.25) is 0 Å². The molecule has 1 fully saturated rings. The Morgan fingerprint density at radius 3 is 2.78 bits per heavy atom. The van der Waals surface area contributed by atoms with Crippen LogP contribution in [0.1, 0.15) is 44.1 Å². The number of carbonyl (C=O) groups is 1. The van der Waals surface area contributed by atoms with Gasteiger partial charge in [0.15, 0.2) is 0 Å². The van der Waals surface area contributed by atoms with E-state index in [-0.39, 0.29) is 0 Å². The average molecular weight is 315 g/mol. The second-order valence-electron chi connectivity index (χ2n) is 6.26. The van der Waals surface area contributed by atoms with Gasteiger partial charge in [0, 0.05) is 5.56 Å². The van der Waals surface area contributed by atoms with Gasteiger partial charge in [0.05, 0.1) is 6.54 Å². The van der Waals surface area contributed by atoms with Crippen molar-refractivity contribution in [1.29, 1.82) is 0 Å². The van der Waals surface area contributed by atoms with E-state index in [2.05, 4.69) is 36.1 Å². The minimum Gasteiger partial charge on any atom is -0.480 e. The van der Waals surface area contributed by atoms with Crippen LogP contribution in [0, 0.1) is 0 Å². The molecule has 0 aliphatic carbocycles. The predicted molar refractivity (Wildman–Crippen MR) is 84.9 cm³/mol. The SMILES string of the molecule is CC(C)c1ccc(-c2noc(CN3CCC[C@@H]3C(=O)O)n2)cc1. The van der Waals surface area contributed by atoms with Crippen LogP contribution in [0.5, 0.6) is 0 Å². The number of carboxylic acids is 1. The smallest absolute Gasteiger partial charge is 0.320 e. The lowest BCUT2D eigenvalue weighted by atomic mass is 10.0. The van der Waals surface area contributed by atoms with Crippen LogP contribution < -0.4 is 0 Å². The van der Waals surface area contributed by atoms with E-state index in [1.54, 1.807) is 0 Å². The van der Waals surface area contributed by atoms with Crippen molar-refractivity contribution in [2.75, 3.05) is 6.54 Å². The molecule has 23 heavy (non-hydrogen) atoms. The van der Waals surface area contributed by atoms with Crippen LogP contribution in [0.3, 0.4) is 0 Å². The monoisotopic (exact) mass is 315 g/mol. The molecule has 6 nitrogen and oxygen atoms in total. The molecule has 1 N–H and O–H groups in total. The van der Waals surface area contributed by atoms with Crippen LogP contribution in [-0.4, -0.2) is 38.7 Å². The summed E-state index contributed by atoms with van der Waals surface area (Å²) in [4.78, 5) is 17.5. The second-order valence-corrected chi connectivity index (χ2v) is 6.26. The molecule has 2 aromatic rings. The maximum Gasteiger partial charge on any atom is 0.320 e. The van der Waals surface area contributed by atoms with Crippen molar-refractivity contribution >= 4 is 5.97 Å². The normalized spacial score (nSPS) is 18.7. The molecule has 1 saturated heterocycles. The zero-order chi connectivity index (χ0) is 16.4. The first-order valence-electron chi connectivity index (χ1n) is 7.94. The third-order valence-corrected chi connectivity index (χ3v) is 4.29. The van der Waals surface area contributed by atoms with Crippen molar-refractivity contribution in [1.82, 2.24) is 15.0 Å². The standard InChI is InChI=1S/C17H21N3O3/c1-11(2)12-5-7-13(8-6-12)16-18-15(23-19-16)10-20-9-3-4-14(20)17(21)22/h5-8,11,14H,3-4,9-10H2,1-2H3,(H,21,22)/t14-/m1/s1. The first kappa shape index (κ1) is 15.7. The largest absolute Gasteiger partial charge is 0.480 e. The lowest BCUT2D eigenvalue weighted by Crippen LogP contribution is -2.35. The predicted octanol–water partition coefficient (Wildman–Crippen LogP) is 2.91. The van der Waals surface area contributed by atoms with Gasteiger partial charge in [-0.1, -0.05) is 43.3 Å². The van der Waals surface area contributed by atoms with Gasteiger partial charge in [0.2, 0.25) is 11.7 Å². The molecule has 1 atom stereocenters. The molecule has 0 saturated carbocycles. The summed E-state index contributed by atoms with van der Waals surface area (Å²) in [5, 5.41) is 13.2. The molecular weight excluding hydrogens is 294 g/mol. The molecule has 0 spiro atoms. The number of rotatable bonds is 5. The molecule has 0 radical (unpaired) electrons. The van der Waals surface area contributed by atoms with Crippen molar-refractivity contribution in [2.24, 2.45) is 0 Å². The minimum atomic E-state index is -0.786.